The number of carbonyl (C=O) groups is 2. The Bertz CT molecular complexity index is 987. The van der Waals surface area contributed by atoms with E-state index in [0.29, 0.717) is 28.7 Å². The standard InChI is InChI=1S/C23H24FN3O3/c1-25-23(29)15-8-13(22(28)27-20-16-10-26-11-17(16)20)7-14-19(12-5-3-2-4-6-12)18(9-24)30-21(14)15/h2-8,16-20,26H,9-11H2,1H3,(H,25,29)(H,27,28)/t16-,17+,18-,19?,20?/m1/s1. The first kappa shape index (κ1) is 19.1. The maximum atomic E-state index is 13.9. The molecule has 2 unspecified atom stereocenters. The van der Waals surface area contributed by atoms with E-state index in [4.69, 9.17) is 4.74 Å². The van der Waals surface area contributed by atoms with Crippen LogP contribution in [0.5, 0.6) is 5.75 Å². The number of carbonyl (C=O) groups excluding carboxylic acids is 2. The number of ether oxygens (including phenoxy) is 1. The summed E-state index contributed by atoms with van der Waals surface area (Å²) in [6.45, 7) is 1.15. The van der Waals surface area contributed by atoms with Crippen molar-refractivity contribution in [3.05, 3.63) is 64.7 Å². The normalized spacial score (nSPS) is 28.3. The van der Waals surface area contributed by atoms with Gasteiger partial charge in [-0.1, -0.05) is 30.3 Å². The zero-order valence-corrected chi connectivity index (χ0v) is 16.7. The Balaban J connectivity index is 1.54. The minimum absolute atomic E-state index is 0.176. The monoisotopic (exact) mass is 409 g/mol. The van der Waals surface area contributed by atoms with Gasteiger partial charge in [-0.15, -0.1) is 0 Å². The molecule has 0 radical (unpaired) electrons. The average molecular weight is 409 g/mol. The quantitative estimate of drug-likeness (QED) is 0.704. The summed E-state index contributed by atoms with van der Waals surface area (Å²) in [5, 5.41) is 9.01. The molecule has 2 amide bonds. The van der Waals surface area contributed by atoms with E-state index >= 15 is 0 Å². The van der Waals surface area contributed by atoms with E-state index in [1.165, 1.54) is 7.05 Å². The molecule has 1 saturated heterocycles. The van der Waals surface area contributed by atoms with Crippen LogP contribution in [0.1, 0.15) is 37.8 Å². The van der Waals surface area contributed by atoms with Crippen LogP contribution in [0.2, 0.25) is 0 Å². The summed E-state index contributed by atoms with van der Waals surface area (Å²) >= 11 is 0. The highest BCUT2D eigenvalue weighted by Gasteiger charge is 2.53. The van der Waals surface area contributed by atoms with Gasteiger partial charge in [0.15, 0.2) is 0 Å². The maximum absolute atomic E-state index is 13.9. The van der Waals surface area contributed by atoms with Crippen molar-refractivity contribution in [3.8, 4) is 5.75 Å². The topological polar surface area (TPSA) is 79.5 Å². The summed E-state index contributed by atoms with van der Waals surface area (Å²) in [6, 6.07) is 13.0. The molecule has 1 aliphatic carbocycles. The number of nitrogens with one attached hydrogen (secondary N) is 3. The SMILES string of the molecule is CNC(=O)c1cc(C(=O)NC2[C@H]3CNC[C@@H]23)cc2c1O[C@H](CF)C2c1ccccc1. The van der Waals surface area contributed by atoms with Gasteiger partial charge in [0.25, 0.3) is 11.8 Å². The summed E-state index contributed by atoms with van der Waals surface area (Å²) in [7, 11) is 1.52. The third-order valence-corrected chi connectivity index (χ3v) is 6.53. The number of fused-ring (bicyclic) bond motifs is 2. The molecule has 0 bridgehead atoms. The Morgan fingerprint density at radius 2 is 1.87 bits per heavy atom. The Labute approximate surface area is 174 Å². The van der Waals surface area contributed by atoms with Crippen molar-refractivity contribution in [1.82, 2.24) is 16.0 Å². The van der Waals surface area contributed by atoms with E-state index in [9.17, 15) is 14.0 Å². The Kier molecular flexibility index (Phi) is 4.70. The minimum atomic E-state index is -0.738. The van der Waals surface area contributed by atoms with Gasteiger partial charge in [0, 0.05) is 37.3 Å². The number of benzene rings is 2. The number of halogens is 1. The van der Waals surface area contributed by atoms with Crippen molar-refractivity contribution in [3.63, 3.8) is 0 Å². The lowest BCUT2D eigenvalue weighted by molar-refractivity contribution is 0.0946. The van der Waals surface area contributed by atoms with Crippen LogP contribution < -0.4 is 20.7 Å². The number of piperidine rings is 1. The molecule has 2 aliphatic heterocycles. The second-order valence-corrected chi connectivity index (χ2v) is 8.21. The number of rotatable bonds is 5. The number of hydrogen-bond acceptors (Lipinski definition) is 4. The second-order valence-electron chi connectivity index (χ2n) is 8.21. The molecule has 2 heterocycles. The lowest BCUT2D eigenvalue weighted by atomic mass is 9.86. The van der Waals surface area contributed by atoms with Crippen LogP contribution in [0.15, 0.2) is 42.5 Å². The minimum Gasteiger partial charge on any atom is -0.486 e. The van der Waals surface area contributed by atoms with Crippen LogP contribution in [0.25, 0.3) is 0 Å². The third-order valence-electron chi connectivity index (χ3n) is 6.53. The summed E-state index contributed by atoms with van der Waals surface area (Å²) in [4.78, 5) is 25.6. The molecular weight excluding hydrogens is 385 g/mol. The highest BCUT2D eigenvalue weighted by atomic mass is 19.1. The molecule has 2 aromatic rings. The molecule has 5 atom stereocenters. The Morgan fingerprint density at radius 1 is 1.13 bits per heavy atom. The molecule has 5 rings (SSSR count). The zero-order chi connectivity index (χ0) is 20.8. The van der Waals surface area contributed by atoms with Gasteiger partial charge < -0.3 is 20.7 Å². The van der Waals surface area contributed by atoms with Crippen LogP contribution >= 0.6 is 0 Å². The van der Waals surface area contributed by atoms with E-state index in [1.54, 1.807) is 12.1 Å². The first-order chi connectivity index (χ1) is 14.6. The highest BCUT2D eigenvalue weighted by molar-refractivity contribution is 6.02. The van der Waals surface area contributed by atoms with Crippen LogP contribution in [0, 0.1) is 11.8 Å². The fraction of sp³-hybridized carbons (Fsp3) is 0.391. The van der Waals surface area contributed by atoms with E-state index < -0.39 is 12.8 Å². The van der Waals surface area contributed by atoms with Crippen molar-refractivity contribution in [2.45, 2.75) is 18.1 Å². The molecule has 30 heavy (non-hydrogen) atoms. The second kappa shape index (κ2) is 7.40. The first-order valence-corrected chi connectivity index (χ1v) is 10.3. The summed E-state index contributed by atoms with van der Waals surface area (Å²) in [6.07, 6.45) is -0.738. The Hall–Kier alpha value is -2.93. The van der Waals surface area contributed by atoms with Gasteiger partial charge >= 0.3 is 0 Å². The van der Waals surface area contributed by atoms with Crippen molar-refractivity contribution >= 4 is 11.8 Å². The van der Waals surface area contributed by atoms with Crippen LogP contribution in [0.4, 0.5) is 4.39 Å². The number of alkyl halides is 1. The van der Waals surface area contributed by atoms with Gasteiger partial charge in [0.05, 0.1) is 11.5 Å². The molecule has 2 fully saturated rings. The van der Waals surface area contributed by atoms with Crippen LogP contribution in [-0.2, 0) is 0 Å². The van der Waals surface area contributed by atoms with Gasteiger partial charge in [-0.2, -0.15) is 0 Å². The Morgan fingerprint density at radius 3 is 2.53 bits per heavy atom. The van der Waals surface area contributed by atoms with Crippen molar-refractivity contribution in [2.75, 3.05) is 26.8 Å². The van der Waals surface area contributed by atoms with Gasteiger partial charge in [-0.05, 0) is 29.5 Å². The molecule has 0 spiro atoms. The molecule has 1 saturated carbocycles. The predicted molar refractivity (Wildman–Crippen MR) is 110 cm³/mol. The van der Waals surface area contributed by atoms with Gasteiger partial charge in [0.1, 0.15) is 18.5 Å². The molecular formula is C23H24FN3O3. The molecule has 2 aromatic carbocycles. The average Bonchev–Trinajstić information content (AvgIpc) is 3.14. The van der Waals surface area contributed by atoms with Crippen molar-refractivity contribution in [2.24, 2.45) is 11.8 Å². The summed E-state index contributed by atoms with van der Waals surface area (Å²) in [5.74, 6) is 0.371. The summed E-state index contributed by atoms with van der Waals surface area (Å²) < 4.78 is 19.8. The molecule has 7 heteroatoms. The van der Waals surface area contributed by atoms with Crippen LogP contribution in [-0.4, -0.2) is 50.8 Å². The molecule has 156 valence electrons. The third kappa shape index (κ3) is 3.04. The zero-order valence-electron chi connectivity index (χ0n) is 16.7. The lowest BCUT2D eigenvalue weighted by Gasteiger charge is -2.16. The smallest absolute Gasteiger partial charge is 0.254 e. The highest BCUT2D eigenvalue weighted by Crippen LogP contribution is 2.46. The predicted octanol–water partition coefficient (Wildman–Crippen LogP) is 1.86. The van der Waals surface area contributed by atoms with E-state index in [-0.39, 0.29) is 29.3 Å². The molecule has 0 aromatic heterocycles. The fourth-order valence-electron chi connectivity index (χ4n) is 4.91. The molecule has 3 N–H and O–H groups in total. The van der Waals surface area contributed by atoms with Gasteiger partial charge in [-0.3, -0.25) is 9.59 Å². The molecule has 6 nitrogen and oxygen atoms in total. The van der Waals surface area contributed by atoms with E-state index in [2.05, 4.69) is 16.0 Å². The lowest BCUT2D eigenvalue weighted by Crippen LogP contribution is -2.32. The largest absolute Gasteiger partial charge is 0.486 e. The fourth-order valence-corrected chi connectivity index (χ4v) is 4.91. The maximum Gasteiger partial charge on any atom is 0.254 e. The number of hydrogen-bond donors (Lipinski definition) is 3. The van der Waals surface area contributed by atoms with Crippen LogP contribution in [0.3, 0.4) is 0 Å². The van der Waals surface area contributed by atoms with Crippen molar-refractivity contribution < 1.29 is 18.7 Å². The summed E-state index contributed by atoms with van der Waals surface area (Å²) in [5.41, 5.74) is 2.22. The van der Waals surface area contributed by atoms with Gasteiger partial charge in [0.2, 0.25) is 0 Å². The van der Waals surface area contributed by atoms with E-state index in [0.717, 1.165) is 18.7 Å². The molecule has 3 aliphatic rings. The van der Waals surface area contributed by atoms with E-state index in [1.807, 2.05) is 30.3 Å². The van der Waals surface area contributed by atoms with Crippen molar-refractivity contribution in [1.29, 1.82) is 0 Å². The number of amides is 2. The first-order valence-electron chi connectivity index (χ1n) is 10.3. The van der Waals surface area contributed by atoms with Gasteiger partial charge in [-0.25, -0.2) is 4.39 Å².